The number of benzene rings is 1. The van der Waals surface area contributed by atoms with Gasteiger partial charge in [-0.05, 0) is 30.2 Å². The maximum absolute atomic E-state index is 12.7. The minimum atomic E-state index is -1.03. The van der Waals surface area contributed by atoms with Crippen LogP contribution in [0.25, 0.3) is 5.57 Å². The summed E-state index contributed by atoms with van der Waals surface area (Å²) in [5.74, 6) is 0. The molecule has 1 aromatic carbocycles. The Morgan fingerprint density at radius 1 is 1.31 bits per heavy atom. The van der Waals surface area contributed by atoms with Crippen molar-refractivity contribution in [2.45, 2.75) is 19.2 Å². The minimum absolute atomic E-state index is 0.265. The monoisotopic (exact) mass is 439 g/mol. The van der Waals surface area contributed by atoms with Crippen LogP contribution in [0.4, 0.5) is 14.9 Å². The van der Waals surface area contributed by atoms with E-state index in [1.54, 1.807) is 17.0 Å². The first kappa shape index (κ1) is 21.5. The highest BCUT2D eigenvalue weighted by Crippen LogP contribution is 2.29. The summed E-state index contributed by atoms with van der Waals surface area (Å²) in [6.45, 7) is -0.237. The zero-order valence-electron chi connectivity index (χ0n) is 15.4. The van der Waals surface area contributed by atoms with E-state index < -0.39 is 19.4 Å². The van der Waals surface area contributed by atoms with Crippen LogP contribution in [-0.2, 0) is 6.67 Å². The molecule has 3 rings (SSSR count). The molecule has 9 heteroatoms. The average molecular weight is 440 g/mol. The summed E-state index contributed by atoms with van der Waals surface area (Å²) < 4.78 is 12.7. The highest BCUT2D eigenvalue weighted by Gasteiger charge is 2.21. The van der Waals surface area contributed by atoms with Gasteiger partial charge in [-0.15, -0.1) is 0 Å². The van der Waals surface area contributed by atoms with E-state index in [1.165, 1.54) is 18.3 Å². The predicted molar refractivity (Wildman–Crippen MR) is 111 cm³/mol. The number of carbonyl (C=O) groups is 1. The SMILES string of the molecule is O=C(Nc1ccc(CF)c(Cl)c1)N1CC=C(c2ncc([C@H](O)CO)cc2Cl)CC1. The Bertz CT molecular complexity index is 939. The van der Waals surface area contributed by atoms with Crippen molar-refractivity contribution in [2.24, 2.45) is 0 Å². The number of hydrogen-bond donors (Lipinski definition) is 3. The van der Waals surface area contributed by atoms with Gasteiger partial charge in [-0.3, -0.25) is 4.98 Å². The van der Waals surface area contributed by atoms with E-state index in [1.807, 2.05) is 6.08 Å². The van der Waals surface area contributed by atoms with E-state index >= 15 is 0 Å². The molecule has 2 amide bonds. The lowest BCUT2D eigenvalue weighted by Gasteiger charge is -2.27. The molecule has 0 unspecified atom stereocenters. The molecule has 1 aromatic heterocycles. The zero-order valence-corrected chi connectivity index (χ0v) is 16.9. The second kappa shape index (κ2) is 9.54. The van der Waals surface area contributed by atoms with Gasteiger partial charge in [0.25, 0.3) is 0 Å². The van der Waals surface area contributed by atoms with Gasteiger partial charge in [0.2, 0.25) is 0 Å². The van der Waals surface area contributed by atoms with E-state index in [-0.39, 0.29) is 11.1 Å². The maximum atomic E-state index is 12.7. The van der Waals surface area contributed by atoms with Crippen molar-refractivity contribution in [3.05, 3.63) is 63.4 Å². The van der Waals surface area contributed by atoms with Gasteiger partial charge >= 0.3 is 6.03 Å². The van der Waals surface area contributed by atoms with Crippen LogP contribution in [0, 0.1) is 0 Å². The van der Waals surface area contributed by atoms with E-state index in [4.69, 9.17) is 28.3 Å². The molecule has 0 bridgehead atoms. The van der Waals surface area contributed by atoms with E-state index in [0.717, 1.165) is 5.57 Å². The number of aliphatic hydroxyl groups excluding tert-OH is 2. The molecule has 6 nitrogen and oxygen atoms in total. The highest BCUT2D eigenvalue weighted by molar-refractivity contribution is 6.32. The summed E-state index contributed by atoms with van der Waals surface area (Å²) in [6.07, 6.45) is 2.88. The summed E-state index contributed by atoms with van der Waals surface area (Å²) in [5.41, 5.74) is 2.80. The van der Waals surface area contributed by atoms with Crippen LogP contribution in [-0.4, -0.2) is 45.8 Å². The number of aromatic nitrogens is 1. The molecule has 0 radical (unpaired) electrons. The second-order valence-electron chi connectivity index (χ2n) is 6.59. The first-order chi connectivity index (χ1) is 13.9. The average Bonchev–Trinajstić information content (AvgIpc) is 2.73. The van der Waals surface area contributed by atoms with Gasteiger partial charge in [-0.25, -0.2) is 9.18 Å². The minimum Gasteiger partial charge on any atom is -0.393 e. The number of aliphatic hydroxyl groups is 2. The molecule has 0 spiro atoms. The molecule has 29 heavy (non-hydrogen) atoms. The summed E-state index contributed by atoms with van der Waals surface area (Å²) in [7, 11) is 0. The number of alkyl halides is 1. The Morgan fingerprint density at radius 2 is 2.10 bits per heavy atom. The van der Waals surface area contributed by atoms with Gasteiger partial charge in [-0.1, -0.05) is 35.3 Å². The molecule has 2 aromatic rings. The predicted octanol–water partition coefficient (Wildman–Crippen LogP) is 4.20. The number of carbonyl (C=O) groups excluding carboxylic acids is 1. The Labute approximate surface area is 177 Å². The number of halogens is 3. The lowest BCUT2D eigenvalue weighted by molar-refractivity contribution is 0.0953. The van der Waals surface area contributed by atoms with Crippen molar-refractivity contribution in [3.63, 3.8) is 0 Å². The Kier molecular flexibility index (Phi) is 7.08. The number of pyridine rings is 1. The number of urea groups is 1. The molecule has 0 fully saturated rings. The van der Waals surface area contributed by atoms with Crippen molar-refractivity contribution in [3.8, 4) is 0 Å². The molecule has 1 aliphatic rings. The highest BCUT2D eigenvalue weighted by atomic mass is 35.5. The molecule has 1 aliphatic heterocycles. The van der Waals surface area contributed by atoms with E-state index in [0.29, 0.717) is 47.0 Å². The van der Waals surface area contributed by atoms with Crippen LogP contribution in [0.5, 0.6) is 0 Å². The number of anilines is 1. The molecule has 0 saturated heterocycles. The van der Waals surface area contributed by atoms with Gasteiger partial charge in [0.15, 0.2) is 0 Å². The Morgan fingerprint density at radius 3 is 2.69 bits per heavy atom. The molecule has 1 atom stereocenters. The van der Waals surface area contributed by atoms with Gasteiger partial charge in [0.1, 0.15) is 12.8 Å². The first-order valence-corrected chi connectivity index (χ1v) is 9.72. The molecule has 154 valence electrons. The molecule has 0 aliphatic carbocycles. The van der Waals surface area contributed by atoms with Crippen LogP contribution in [0.2, 0.25) is 10.0 Å². The fourth-order valence-corrected chi connectivity index (χ4v) is 3.51. The van der Waals surface area contributed by atoms with Crippen LogP contribution in [0.15, 0.2) is 36.5 Å². The third-order valence-electron chi connectivity index (χ3n) is 4.67. The summed E-state index contributed by atoms with van der Waals surface area (Å²) in [5, 5.41) is 22.1. The largest absolute Gasteiger partial charge is 0.393 e. The third-order valence-corrected chi connectivity index (χ3v) is 5.31. The molecular formula is C20H20Cl2FN3O3. The van der Waals surface area contributed by atoms with Crippen LogP contribution in [0.1, 0.15) is 29.3 Å². The van der Waals surface area contributed by atoms with Crippen LogP contribution >= 0.6 is 23.2 Å². The summed E-state index contributed by atoms with van der Waals surface area (Å²) >= 11 is 12.3. The van der Waals surface area contributed by atoms with Crippen LogP contribution < -0.4 is 5.32 Å². The first-order valence-electron chi connectivity index (χ1n) is 8.97. The molecular weight excluding hydrogens is 420 g/mol. The van der Waals surface area contributed by atoms with E-state index in [9.17, 15) is 14.3 Å². The molecule has 2 heterocycles. The summed E-state index contributed by atoms with van der Waals surface area (Å²) in [6, 6.07) is 5.96. The normalized spacial score (nSPS) is 15.1. The Hall–Kier alpha value is -2.19. The molecule has 0 saturated carbocycles. The van der Waals surface area contributed by atoms with Gasteiger partial charge in [0, 0.05) is 41.1 Å². The zero-order chi connectivity index (χ0) is 21.0. The third kappa shape index (κ3) is 5.05. The maximum Gasteiger partial charge on any atom is 0.322 e. The second-order valence-corrected chi connectivity index (χ2v) is 7.41. The number of amides is 2. The van der Waals surface area contributed by atoms with Gasteiger partial charge in [-0.2, -0.15) is 0 Å². The molecule has 3 N–H and O–H groups in total. The number of nitrogens with zero attached hydrogens (tertiary/aromatic N) is 2. The van der Waals surface area contributed by atoms with Crippen molar-refractivity contribution < 1.29 is 19.4 Å². The van der Waals surface area contributed by atoms with E-state index in [2.05, 4.69) is 10.3 Å². The van der Waals surface area contributed by atoms with Crippen molar-refractivity contribution in [1.29, 1.82) is 0 Å². The van der Waals surface area contributed by atoms with Crippen molar-refractivity contribution in [1.82, 2.24) is 9.88 Å². The van der Waals surface area contributed by atoms with Gasteiger partial charge in [0.05, 0.1) is 17.3 Å². The lowest BCUT2D eigenvalue weighted by Crippen LogP contribution is -2.38. The number of hydrogen-bond acceptors (Lipinski definition) is 4. The fourth-order valence-electron chi connectivity index (χ4n) is 2.98. The lowest BCUT2D eigenvalue weighted by atomic mass is 10.0. The van der Waals surface area contributed by atoms with Crippen molar-refractivity contribution >= 4 is 40.5 Å². The number of nitrogens with one attached hydrogen (secondary N) is 1. The topological polar surface area (TPSA) is 85.7 Å². The van der Waals surface area contributed by atoms with Crippen LogP contribution in [0.3, 0.4) is 0 Å². The Balaban J connectivity index is 1.66. The smallest absolute Gasteiger partial charge is 0.322 e. The quantitative estimate of drug-likeness (QED) is 0.651. The number of rotatable bonds is 5. The standard InChI is InChI=1S/C20H20Cl2FN3O3/c21-16-8-15(2-1-13(16)9-23)25-20(29)26-5-3-12(4-6-26)19-17(22)7-14(10-24-19)18(28)11-27/h1-3,7-8,10,18,27-28H,4-6,9,11H2,(H,25,29)/t18-/m1/s1. The summed E-state index contributed by atoms with van der Waals surface area (Å²) in [4.78, 5) is 18.4. The van der Waals surface area contributed by atoms with Gasteiger partial charge < -0.3 is 20.4 Å². The fraction of sp³-hybridized carbons (Fsp3) is 0.300. The van der Waals surface area contributed by atoms with Crippen molar-refractivity contribution in [2.75, 3.05) is 25.0 Å².